The largest absolute Gasteiger partial charge is 0.457 e. The number of para-hydroxylation sites is 2. The Labute approximate surface area is 324 Å². The highest BCUT2D eigenvalue weighted by Crippen LogP contribution is 2.48. The molecule has 1 aliphatic carbocycles. The van der Waals surface area contributed by atoms with Crippen molar-refractivity contribution in [1.82, 2.24) is 5.32 Å². The zero-order valence-electron chi connectivity index (χ0n) is 34.1. The van der Waals surface area contributed by atoms with Crippen molar-refractivity contribution in [2.24, 2.45) is 0 Å². The summed E-state index contributed by atoms with van der Waals surface area (Å²) in [7, 11) is 0. The van der Waals surface area contributed by atoms with E-state index in [0.717, 1.165) is 62.3 Å². The van der Waals surface area contributed by atoms with E-state index in [1.54, 1.807) is 4.90 Å². The highest BCUT2D eigenvalue weighted by atomic mass is 16.6. The Balaban J connectivity index is 1.36. The molecule has 0 saturated carbocycles. The molecule has 286 valence electrons. The average molecular weight is 729 g/mol. The molecule has 1 amide bonds. The Hall–Kier alpha value is -4.55. The monoisotopic (exact) mass is 728 g/mol. The standard InChI is InChI=1S/C48H61N3O3/c1-10-31-50-40-21-14-12-19-38(40)47(6,7)42(50)29-25-35-17-16-18-36(26-30-43-48(8,9)39-20-13-15-22-41(39)51(43)32-11-2)44(35)53-37-27-23-34(24-28-37)33-49-45(52)54-46(3,4)5/h12-15,19-30,42H,10-11,16-18,31-33H2,1-9H3,(H,49,52)/p+1/b29-25+,36-26+,43-30+. The van der Waals surface area contributed by atoms with E-state index >= 15 is 0 Å². The number of amides is 1. The number of carbonyl (C=O) groups is 1. The third kappa shape index (κ3) is 8.24. The smallest absolute Gasteiger partial charge is 0.407 e. The molecule has 2 aliphatic heterocycles. The highest BCUT2D eigenvalue weighted by Gasteiger charge is 2.47. The van der Waals surface area contributed by atoms with Crippen molar-refractivity contribution < 1.29 is 19.2 Å². The predicted molar refractivity (Wildman–Crippen MR) is 222 cm³/mol. The molecule has 6 heteroatoms. The van der Waals surface area contributed by atoms with Crippen molar-refractivity contribution in [2.75, 3.05) is 18.0 Å². The maximum Gasteiger partial charge on any atom is 0.407 e. The van der Waals surface area contributed by atoms with Gasteiger partial charge in [0.1, 0.15) is 28.8 Å². The molecular weight excluding hydrogens is 667 g/mol. The molecule has 3 aromatic carbocycles. The number of nitrogens with one attached hydrogen (secondary N) is 2. The minimum atomic E-state index is -0.540. The summed E-state index contributed by atoms with van der Waals surface area (Å²) in [6.45, 7) is 22.1. The molecule has 2 heterocycles. The molecule has 54 heavy (non-hydrogen) atoms. The van der Waals surface area contributed by atoms with Crippen molar-refractivity contribution in [3.63, 3.8) is 0 Å². The fraction of sp³-hybridized carbons (Fsp3) is 0.438. The van der Waals surface area contributed by atoms with Gasteiger partial charge < -0.3 is 19.7 Å². The number of quaternary nitrogens is 1. The Morgan fingerprint density at radius 3 is 2.31 bits per heavy atom. The van der Waals surface area contributed by atoms with Crippen LogP contribution in [0, 0.1) is 0 Å². The fourth-order valence-corrected chi connectivity index (χ4v) is 8.64. The first-order chi connectivity index (χ1) is 25.7. The molecule has 2 atom stereocenters. The number of nitrogens with zero attached hydrogens (tertiary/aromatic N) is 1. The number of fused-ring (bicyclic) bond motifs is 2. The summed E-state index contributed by atoms with van der Waals surface area (Å²) in [5, 5.41) is 2.87. The number of ether oxygens (including phenoxy) is 2. The number of rotatable bonds is 11. The van der Waals surface area contributed by atoms with Crippen molar-refractivity contribution in [2.45, 2.75) is 123 Å². The van der Waals surface area contributed by atoms with Crippen molar-refractivity contribution in [1.29, 1.82) is 0 Å². The molecule has 0 saturated heterocycles. The van der Waals surface area contributed by atoms with E-state index in [2.05, 4.69) is 125 Å². The predicted octanol–water partition coefficient (Wildman–Crippen LogP) is 10.4. The first kappa shape index (κ1) is 39.2. The normalized spacial score (nSPS) is 21.8. The van der Waals surface area contributed by atoms with Gasteiger partial charge in [0.05, 0.1) is 12.0 Å². The minimum absolute atomic E-state index is 0.00585. The van der Waals surface area contributed by atoms with Crippen molar-refractivity contribution in [3.8, 4) is 5.75 Å². The number of hydrogen-bond acceptors (Lipinski definition) is 4. The molecule has 0 radical (unpaired) electrons. The average Bonchev–Trinajstić information content (AvgIpc) is 3.48. The summed E-state index contributed by atoms with van der Waals surface area (Å²) in [6, 6.07) is 26.2. The maximum absolute atomic E-state index is 12.3. The molecular formula is C48H62N3O3+. The van der Waals surface area contributed by atoms with E-state index in [-0.39, 0.29) is 10.8 Å². The van der Waals surface area contributed by atoms with Crippen LogP contribution in [0.3, 0.4) is 0 Å². The van der Waals surface area contributed by atoms with Gasteiger partial charge in [-0.25, -0.2) is 4.79 Å². The van der Waals surface area contributed by atoms with Gasteiger partial charge in [-0.1, -0.05) is 88.4 Å². The van der Waals surface area contributed by atoms with Crippen LogP contribution in [-0.4, -0.2) is 30.8 Å². The van der Waals surface area contributed by atoms with E-state index in [1.807, 2.05) is 45.0 Å². The molecule has 0 bridgehead atoms. The first-order valence-corrected chi connectivity index (χ1v) is 20.1. The first-order valence-electron chi connectivity index (χ1n) is 20.1. The van der Waals surface area contributed by atoms with E-state index in [1.165, 1.54) is 39.3 Å². The quantitative estimate of drug-likeness (QED) is 0.206. The molecule has 3 aromatic rings. The zero-order chi connectivity index (χ0) is 38.7. The van der Waals surface area contributed by atoms with Crippen LogP contribution in [0.25, 0.3) is 0 Å². The van der Waals surface area contributed by atoms with E-state index in [9.17, 15) is 4.79 Å². The lowest BCUT2D eigenvalue weighted by molar-refractivity contribution is -0.850. The Morgan fingerprint density at radius 2 is 1.61 bits per heavy atom. The Morgan fingerprint density at radius 1 is 0.907 bits per heavy atom. The lowest BCUT2D eigenvalue weighted by atomic mass is 9.80. The second kappa shape index (κ2) is 16.0. The van der Waals surface area contributed by atoms with E-state index in [0.29, 0.717) is 12.6 Å². The second-order valence-electron chi connectivity index (χ2n) is 17.2. The van der Waals surface area contributed by atoms with Gasteiger partial charge in [0.15, 0.2) is 0 Å². The van der Waals surface area contributed by atoms with Crippen LogP contribution in [-0.2, 0) is 22.1 Å². The Kier molecular flexibility index (Phi) is 11.6. The number of benzene rings is 3. The molecule has 0 fully saturated rings. The van der Waals surface area contributed by atoms with Crippen molar-refractivity contribution >= 4 is 17.5 Å². The Bertz CT molecular complexity index is 1940. The topological polar surface area (TPSA) is 55.2 Å². The van der Waals surface area contributed by atoms with Gasteiger partial charge in [-0.05, 0) is 125 Å². The SMILES string of the molecule is CCCN1/C(=C/C=C2\CCCC(/C=C/C3[NH+](CCC)c4ccccc4C3(C)C)=C2Oc2ccc(CNC(=O)OC(C)(C)C)cc2)C(C)(C)c2ccccc21. The van der Waals surface area contributed by atoms with Gasteiger partial charge in [-0.15, -0.1) is 0 Å². The van der Waals surface area contributed by atoms with Gasteiger partial charge in [-0.3, -0.25) is 4.90 Å². The molecule has 2 N–H and O–H groups in total. The van der Waals surface area contributed by atoms with Crippen molar-refractivity contribution in [3.05, 3.63) is 136 Å². The van der Waals surface area contributed by atoms with E-state index in [4.69, 9.17) is 9.47 Å². The zero-order valence-corrected chi connectivity index (χ0v) is 34.1. The number of alkyl carbamates (subject to hydrolysis) is 1. The lowest BCUT2D eigenvalue weighted by Crippen LogP contribution is -3.10. The van der Waals surface area contributed by atoms with Crippen LogP contribution < -0.4 is 19.9 Å². The number of allylic oxidation sites excluding steroid dienone is 6. The summed E-state index contributed by atoms with van der Waals surface area (Å²) < 4.78 is 12.4. The van der Waals surface area contributed by atoms with Gasteiger partial charge in [0.25, 0.3) is 0 Å². The second-order valence-corrected chi connectivity index (χ2v) is 17.2. The highest BCUT2D eigenvalue weighted by molar-refractivity contribution is 5.71. The molecule has 0 aromatic heterocycles. The van der Waals surface area contributed by atoms with Crippen LogP contribution >= 0.6 is 0 Å². The van der Waals surface area contributed by atoms with Gasteiger partial charge >= 0.3 is 6.09 Å². The molecule has 0 spiro atoms. The third-order valence-electron chi connectivity index (χ3n) is 11.3. The molecule has 2 unspecified atom stereocenters. The summed E-state index contributed by atoms with van der Waals surface area (Å²) in [5.41, 5.74) is 9.69. The van der Waals surface area contributed by atoms with E-state index < -0.39 is 11.7 Å². The summed E-state index contributed by atoms with van der Waals surface area (Å²) in [6.07, 6.45) is 14.3. The third-order valence-corrected chi connectivity index (χ3v) is 11.3. The summed E-state index contributed by atoms with van der Waals surface area (Å²) in [5.74, 6) is 1.74. The molecule has 3 aliphatic rings. The maximum atomic E-state index is 12.3. The number of carbonyl (C=O) groups excluding carboxylic acids is 1. The summed E-state index contributed by atoms with van der Waals surface area (Å²) in [4.78, 5) is 16.3. The van der Waals surface area contributed by atoms with Crippen LogP contribution in [0.1, 0.15) is 111 Å². The van der Waals surface area contributed by atoms with Crippen LogP contribution in [0.5, 0.6) is 5.75 Å². The van der Waals surface area contributed by atoms with Crippen LogP contribution in [0.2, 0.25) is 0 Å². The van der Waals surface area contributed by atoms with Crippen LogP contribution in [0.15, 0.2) is 120 Å². The molecule has 6 rings (SSSR count). The minimum Gasteiger partial charge on any atom is -0.457 e. The van der Waals surface area contributed by atoms with Gasteiger partial charge in [-0.2, -0.15) is 0 Å². The van der Waals surface area contributed by atoms with Gasteiger partial charge in [0, 0.05) is 35.5 Å². The number of hydrogen-bond donors (Lipinski definition) is 2. The van der Waals surface area contributed by atoms with Crippen LogP contribution in [0.4, 0.5) is 16.2 Å². The molecule has 6 nitrogen and oxygen atoms in total. The van der Waals surface area contributed by atoms with Gasteiger partial charge in [0.2, 0.25) is 0 Å². The number of anilines is 1. The lowest BCUT2D eigenvalue weighted by Gasteiger charge is -2.28. The fourth-order valence-electron chi connectivity index (χ4n) is 8.64. The summed E-state index contributed by atoms with van der Waals surface area (Å²) >= 11 is 0.